The fraction of sp³-hybridized carbons (Fsp3) is 0.400. The molecule has 18 heavy (non-hydrogen) atoms. The molecule has 1 aliphatic carbocycles. The van der Waals surface area contributed by atoms with E-state index in [4.69, 9.17) is 4.52 Å². The van der Waals surface area contributed by atoms with Crippen LogP contribution in [0.25, 0.3) is 0 Å². The number of benzene rings is 1. The molecule has 3 nitrogen and oxygen atoms in total. The quantitative estimate of drug-likeness (QED) is 0.805. The Morgan fingerprint density at radius 2 is 1.89 bits per heavy atom. The predicted molar refractivity (Wildman–Crippen MR) is 72.4 cm³/mol. The normalized spacial score (nSPS) is 14.3. The van der Waals surface area contributed by atoms with E-state index >= 15 is 0 Å². The monoisotopic (exact) mass is 242 g/mol. The van der Waals surface area contributed by atoms with E-state index in [1.54, 1.807) is 0 Å². The van der Waals surface area contributed by atoms with Gasteiger partial charge in [-0.2, -0.15) is 0 Å². The summed E-state index contributed by atoms with van der Waals surface area (Å²) < 4.78 is 5.13. The van der Waals surface area contributed by atoms with Gasteiger partial charge in [0.15, 0.2) is 5.82 Å². The summed E-state index contributed by atoms with van der Waals surface area (Å²) in [5, 5.41) is 4.06. The zero-order valence-corrected chi connectivity index (χ0v) is 10.9. The third-order valence-electron chi connectivity index (χ3n) is 3.68. The molecule has 94 valence electrons. The number of aryl methyl sites for hydroxylation is 3. The molecule has 0 fully saturated rings. The molecular weight excluding hydrogens is 224 g/mol. The van der Waals surface area contributed by atoms with Crippen LogP contribution < -0.4 is 4.90 Å². The summed E-state index contributed by atoms with van der Waals surface area (Å²) in [6, 6.07) is 8.68. The maximum atomic E-state index is 5.13. The second kappa shape index (κ2) is 4.48. The summed E-state index contributed by atoms with van der Waals surface area (Å²) in [6.07, 6.45) is 5.06. The standard InChI is InChI=1S/C15H18N2O/c1-11-9-15(16-18-11)17(2)14-8-7-12-5-3-4-6-13(12)10-14/h7-10H,3-6H2,1-2H3. The zero-order valence-electron chi connectivity index (χ0n) is 10.9. The number of hydrogen-bond donors (Lipinski definition) is 0. The highest BCUT2D eigenvalue weighted by Gasteiger charge is 2.13. The van der Waals surface area contributed by atoms with E-state index in [0.29, 0.717) is 0 Å². The molecular formula is C15H18N2O. The lowest BCUT2D eigenvalue weighted by atomic mass is 9.91. The number of rotatable bonds is 2. The fourth-order valence-corrected chi connectivity index (χ4v) is 2.57. The third kappa shape index (κ3) is 2.01. The van der Waals surface area contributed by atoms with Crippen molar-refractivity contribution in [2.75, 3.05) is 11.9 Å². The van der Waals surface area contributed by atoms with Gasteiger partial charge in [-0.15, -0.1) is 0 Å². The van der Waals surface area contributed by atoms with Gasteiger partial charge in [0.1, 0.15) is 5.76 Å². The molecule has 3 rings (SSSR count). The maximum Gasteiger partial charge on any atom is 0.176 e. The van der Waals surface area contributed by atoms with Crippen LogP contribution in [0.4, 0.5) is 11.5 Å². The highest BCUT2D eigenvalue weighted by Crippen LogP contribution is 2.28. The molecule has 0 unspecified atom stereocenters. The van der Waals surface area contributed by atoms with Crippen LogP contribution in [0, 0.1) is 6.92 Å². The molecule has 0 amide bonds. The highest BCUT2D eigenvalue weighted by molar-refractivity contribution is 5.61. The van der Waals surface area contributed by atoms with E-state index in [9.17, 15) is 0 Å². The maximum absolute atomic E-state index is 5.13. The van der Waals surface area contributed by atoms with Gasteiger partial charge in [0.25, 0.3) is 0 Å². The van der Waals surface area contributed by atoms with Crippen molar-refractivity contribution in [3.05, 3.63) is 41.2 Å². The van der Waals surface area contributed by atoms with Gasteiger partial charge in [-0.05, 0) is 55.9 Å². The molecule has 0 radical (unpaired) electrons. The minimum atomic E-state index is 0.842. The van der Waals surface area contributed by atoms with Gasteiger partial charge in [0.05, 0.1) is 0 Å². The Bertz CT molecular complexity index is 559. The second-order valence-corrected chi connectivity index (χ2v) is 5.01. The Hall–Kier alpha value is -1.77. The van der Waals surface area contributed by atoms with Crippen molar-refractivity contribution < 1.29 is 4.52 Å². The van der Waals surface area contributed by atoms with Crippen LogP contribution in [0.3, 0.4) is 0 Å². The molecule has 1 heterocycles. The Morgan fingerprint density at radius 1 is 1.11 bits per heavy atom. The first-order chi connectivity index (χ1) is 8.74. The largest absolute Gasteiger partial charge is 0.360 e. The molecule has 0 aliphatic heterocycles. The van der Waals surface area contributed by atoms with Crippen molar-refractivity contribution in [3.8, 4) is 0 Å². The lowest BCUT2D eigenvalue weighted by molar-refractivity contribution is 0.398. The van der Waals surface area contributed by atoms with Crippen LogP contribution in [-0.2, 0) is 12.8 Å². The van der Waals surface area contributed by atoms with Gasteiger partial charge in [0, 0.05) is 18.8 Å². The fourth-order valence-electron chi connectivity index (χ4n) is 2.57. The molecule has 3 heteroatoms. The molecule has 0 saturated carbocycles. The van der Waals surface area contributed by atoms with Crippen LogP contribution in [0.1, 0.15) is 29.7 Å². The molecule has 1 aliphatic rings. The molecule has 0 saturated heterocycles. The lowest BCUT2D eigenvalue weighted by Crippen LogP contribution is -2.11. The topological polar surface area (TPSA) is 29.3 Å². The number of nitrogens with zero attached hydrogens (tertiary/aromatic N) is 2. The average molecular weight is 242 g/mol. The molecule has 1 aromatic carbocycles. The summed E-state index contributed by atoms with van der Waals surface area (Å²) in [4.78, 5) is 2.07. The Morgan fingerprint density at radius 3 is 2.61 bits per heavy atom. The molecule has 0 N–H and O–H groups in total. The summed E-state index contributed by atoms with van der Waals surface area (Å²) in [5.74, 6) is 1.71. The van der Waals surface area contributed by atoms with Crippen LogP contribution in [0.5, 0.6) is 0 Å². The van der Waals surface area contributed by atoms with Gasteiger partial charge in [-0.3, -0.25) is 0 Å². The first kappa shape index (κ1) is 11.3. The summed E-state index contributed by atoms with van der Waals surface area (Å²) in [7, 11) is 2.03. The van der Waals surface area contributed by atoms with E-state index < -0.39 is 0 Å². The molecule has 2 aromatic rings. The van der Waals surface area contributed by atoms with E-state index in [1.807, 2.05) is 20.0 Å². The van der Waals surface area contributed by atoms with Gasteiger partial charge < -0.3 is 9.42 Å². The molecule has 0 spiro atoms. The smallest absolute Gasteiger partial charge is 0.176 e. The Balaban J connectivity index is 1.92. The van der Waals surface area contributed by atoms with Gasteiger partial charge in [-0.25, -0.2) is 0 Å². The zero-order chi connectivity index (χ0) is 12.5. The van der Waals surface area contributed by atoms with Gasteiger partial charge in [0.2, 0.25) is 0 Å². The predicted octanol–water partition coefficient (Wildman–Crippen LogP) is 3.63. The van der Waals surface area contributed by atoms with Crippen molar-refractivity contribution in [2.24, 2.45) is 0 Å². The average Bonchev–Trinajstić information content (AvgIpc) is 2.84. The van der Waals surface area contributed by atoms with E-state index in [2.05, 4.69) is 28.3 Å². The van der Waals surface area contributed by atoms with E-state index in [-0.39, 0.29) is 0 Å². The summed E-state index contributed by atoms with van der Waals surface area (Å²) in [6.45, 7) is 1.91. The number of aromatic nitrogens is 1. The first-order valence-corrected chi connectivity index (χ1v) is 6.53. The lowest BCUT2D eigenvalue weighted by Gasteiger charge is -2.21. The second-order valence-electron chi connectivity index (χ2n) is 5.01. The van der Waals surface area contributed by atoms with Crippen LogP contribution in [0.2, 0.25) is 0 Å². The summed E-state index contributed by atoms with van der Waals surface area (Å²) >= 11 is 0. The van der Waals surface area contributed by atoms with Crippen molar-refractivity contribution in [1.29, 1.82) is 0 Å². The molecule has 0 atom stereocenters. The van der Waals surface area contributed by atoms with Crippen LogP contribution >= 0.6 is 0 Å². The van der Waals surface area contributed by atoms with Crippen LogP contribution in [0.15, 0.2) is 28.8 Å². The summed E-state index contributed by atoms with van der Waals surface area (Å²) in [5.41, 5.74) is 4.18. The Labute approximate surface area is 107 Å². The highest BCUT2D eigenvalue weighted by atomic mass is 16.5. The molecule has 0 bridgehead atoms. The van der Waals surface area contributed by atoms with Crippen molar-refractivity contribution in [3.63, 3.8) is 0 Å². The number of hydrogen-bond acceptors (Lipinski definition) is 3. The minimum absolute atomic E-state index is 0.842. The SMILES string of the molecule is Cc1cc(N(C)c2ccc3c(c2)CCCC3)no1. The minimum Gasteiger partial charge on any atom is -0.360 e. The van der Waals surface area contributed by atoms with Gasteiger partial charge >= 0.3 is 0 Å². The number of anilines is 2. The Kier molecular flexibility index (Phi) is 2.82. The van der Waals surface area contributed by atoms with Crippen molar-refractivity contribution in [2.45, 2.75) is 32.6 Å². The van der Waals surface area contributed by atoms with E-state index in [0.717, 1.165) is 11.6 Å². The number of fused-ring (bicyclic) bond motifs is 1. The first-order valence-electron chi connectivity index (χ1n) is 6.53. The van der Waals surface area contributed by atoms with Crippen molar-refractivity contribution >= 4 is 11.5 Å². The van der Waals surface area contributed by atoms with Gasteiger partial charge in [-0.1, -0.05) is 11.2 Å². The molecule has 1 aromatic heterocycles. The van der Waals surface area contributed by atoms with Crippen LogP contribution in [-0.4, -0.2) is 12.2 Å². The van der Waals surface area contributed by atoms with Crippen molar-refractivity contribution in [1.82, 2.24) is 5.16 Å². The third-order valence-corrected chi connectivity index (χ3v) is 3.68. The van der Waals surface area contributed by atoms with E-state index in [1.165, 1.54) is 42.5 Å².